The third-order valence-corrected chi connectivity index (χ3v) is 6.27. The number of rotatable bonds is 7. The van der Waals surface area contributed by atoms with E-state index in [-0.39, 0.29) is 12.7 Å². The van der Waals surface area contributed by atoms with Crippen molar-refractivity contribution >= 4 is 23.4 Å². The molecule has 8 nitrogen and oxygen atoms in total. The van der Waals surface area contributed by atoms with Gasteiger partial charge in [-0.15, -0.1) is 0 Å². The zero-order valence-corrected chi connectivity index (χ0v) is 19.4. The maximum Gasteiger partial charge on any atom is 0.302 e. The van der Waals surface area contributed by atoms with Crippen molar-refractivity contribution < 1.29 is 38.7 Å². The van der Waals surface area contributed by atoms with Gasteiger partial charge in [0.1, 0.15) is 42.9 Å². The van der Waals surface area contributed by atoms with Crippen LogP contribution in [0.4, 0.5) is 0 Å². The summed E-state index contributed by atoms with van der Waals surface area (Å²) in [6.07, 6.45) is -3.80. The highest BCUT2D eigenvalue weighted by Gasteiger charge is 2.44. The van der Waals surface area contributed by atoms with Gasteiger partial charge in [-0.05, 0) is 41.3 Å². The van der Waals surface area contributed by atoms with E-state index < -0.39 is 36.2 Å². The van der Waals surface area contributed by atoms with Crippen LogP contribution in [0.15, 0.2) is 42.5 Å². The molecular formula is C25H27ClO8. The summed E-state index contributed by atoms with van der Waals surface area (Å²) in [5, 5.41) is 21.1. The van der Waals surface area contributed by atoms with Crippen LogP contribution >= 0.6 is 11.6 Å². The molecule has 2 fully saturated rings. The van der Waals surface area contributed by atoms with Gasteiger partial charge in [0, 0.05) is 18.4 Å². The number of esters is 1. The summed E-state index contributed by atoms with van der Waals surface area (Å²) < 4.78 is 21.9. The molecule has 0 aliphatic carbocycles. The molecule has 2 N–H and O–H groups in total. The smallest absolute Gasteiger partial charge is 0.302 e. The van der Waals surface area contributed by atoms with Crippen LogP contribution in [0, 0.1) is 0 Å². The summed E-state index contributed by atoms with van der Waals surface area (Å²) in [5.74, 6) is -0.574. The molecule has 34 heavy (non-hydrogen) atoms. The highest BCUT2D eigenvalue weighted by Crippen LogP contribution is 2.33. The largest absolute Gasteiger partial charge is 0.488 e. The Balaban J connectivity index is 1.48. The van der Waals surface area contributed by atoms with Crippen LogP contribution < -0.4 is 4.74 Å². The van der Waals surface area contributed by atoms with Crippen molar-refractivity contribution in [1.82, 2.24) is 0 Å². The monoisotopic (exact) mass is 490 g/mol. The number of aliphatic hydroxyl groups is 2. The number of halogens is 1. The molecule has 182 valence electrons. The molecule has 2 aromatic carbocycles. The van der Waals surface area contributed by atoms with Crippen molar-refractivity contribution in [2.45, 2.75) is 50.3 Å². The Morgan fingerprint density at radius 2 is 1.91 bits per heavy atom. The summed E-state index contributed by atoms with van der Waals surface area (Å²) in [4.78, 5) is 23.5. The minimum atomic E-state index is -1.59. The highest BCUT2D eigenvalue weighted by molar-refractivity contribution is 6.31. The van der Waals surface area contributed by atoms with E-state index in [1.54, 1.807) is 18.2 Å². The van der Waals surface area contributed by atoms with Gasteiger partial charge in [0.25, 0.3) is 0 Å². The van der Waals surface area contributed by atoms with Crippen LogP contribution in [0.3, 0.4) is 0 Å². The van der Waals surface area contributed by atoms with Crippen molar-refractivity contribution in [2.24, 2.45) is 0 Å². The van der Waals surface area contributed by atoms with Gasteiger partial charge < -0.3 is 29.2 Å². The fourth-order valence-corrected chi connectivity index (χ4v) is 4.23. The number of benzene rings is 2. The number of ether oxygens (including phenoxy) is 4. The van der Waals surface area contributed by atoms with Gasteiger partial charge in [0.05, 0.1) is 13.2 Å². The first-order valence-corrected chi connectivity index (χ1v) is 11.5. The summed E-state index contributed by atoms with van der Waals surface area (Å²) in [5.41, 5.74) is 2.31. The van der Waals surface area contributed by atoms with Crippen molar-refractivity contribution in [1.29, 1.82) is 0 Å². The van der Waals surface area contributed by atoms with Crippen molar-refractivity contribution in [2.75, 3.05) is 19.8 Å². The lowest BCUT2D eigenvalue weighted by molar-refractivity contribution is -0.194. The maximum atomic E-state index is 12.4. The molecule has 2 aliphatic heterocycles. The first-order valence-electron chi connectivity index (χ1n) is 11.1. The van der Waals surface area contributed by atoms with Gasteiger partial charge >= 0.3 is 5.97 Å². The van der Waals surface area contributed by atoms with E-state index in [1.807, 2.05) is 24.3 Å². The normalized spacial score (nSPS) is 26.9. The second kappa shape index (κ2) is 10.8. The van der Waals surface area contributed by atoms with Crippen LogP contribution in [-0.2, 0) is 30.2 Å². The molecule has 0 aromatic heterocycles. The first-order chi connectivity index (χ1) is 16.3. The van der Waals surface area contributed by atoms with E-state index in [9.17, 15) is 19.8 Å². The van der Waals surface area contributed by atoms with Gasteiger partial charge in [-0.25, -0.2) is 0 Å². The van der Waals surface area contributed by atoms with Gasteiger partial charge in [-0.1, -0.05) is 35.9 Å². The molecule has 0 spiro atoms. The Bertz CT molecular complexity index is 1020. The fourth-order valence-electron chi connectivity index (χ4n) is 4.05. The van der Waals surface area contributed by atoms with Crippen LogP contribution in [0.5, 0.6) is 5.75 Å². The Labute approximate surface area is 202 Å². The fraction of sp³-hybridized carbons (Fsp3) is 0.440. The molecular weight excluding hydrogens is 464 g/mol. The second-order valence-corrected chi connectivity index (χ2v) is 8.87. The minimum Gasteiger partial charge on any atom is -0.488 e. The van der Waals surface area contributed by atoms with Gasteiger partial charge in [-0.3, -0.25) is 9.59 Å². The maximum absolute atomic E-state index is 12.4. The number of Topliss-reactive ketones (excluding diaryl/α,β-unsaturated/α-hetero) is 1. The summed E-state index contributed by atoms with van der Waals surface area (Å²) in [7, 11) is 0. The number of hydrogen-bond acceptors (Lipinski definition) is 8. The zero-order valence-electron chi connectivity index (χ0n) is 18.7. The number of ketones is 1. The molecule has 0 amide bonds. The zero-order chi connectivity index (χ0) is 24.2. The summed E-state index contributed by atoms with van der Waals surface area (Å²) in [6, 6.07) is 12.8. The highest BCUT2D eigenvalue weighted by atomic mass is 35.5. The predicted molar refractivity (Wildman–Crippen MR) is 122 cm³/mol. The average Bonchev–Trinajstić information content (AvgIpc) is 3.33. The Morgan fingerprint density at radius 1 is 1.15 bits per heavy atom. The van der Waals surface area contributed by atoms with E-state index in [0.29, 0.717) is 30.2 Å². The topological polar surface area (TPSA) is 112 Å². The van der Waals surface area contributed by atoms with Crippen molar-refractivity contribution in [3.63, 3.8) is 0 Å². The summed E-state index contributed by atoms with van der Waals surface area (Å²) >= 11 is 6.42. The van der Waals surface area contributed by atoms with Crippen LogP contribution in [0.1, 0.15) is 36.1 Å². The molecule has 9 heteroatoms. The molecule has 0 radical (unpaired) electrons. The molecule has 1 unspecified atom stereocenters. The lowest BCUT2D eigenvalue weighted by Gasteiger charge is -2.36. The van der Waals surface area contributed by atoms with E-state index in [2.05, 4.69) is 0 Å². The molecule has 2 aliphatic rings. The molecule has 0 bridgehead atoms. The molecule has 0 saturated carbocycles. The lowest BCUT2D eigenvalue weighted by Crippen LogP contribution is -2.52. The standard InChI is InChI=1S/C25H27ClO8/c1-14(27)32-13-21-22(28)23(29)24(30)25(34-21)16-4-7-20(26)17(11-16)10-15-2-5-18(6-3-15)33-19-8-9-31-12-19/h2-7,11,19,21-22,24-25,28,30H,8-10,12-13H2,1H3/t19-,21+,22-,24?,25-/m0/s1. The Kier molecular flexibility index (Phi) is 7.85. The van der Waals surface area contributed by atoms with Gasteiger partial charge in [0.15, 0.2) is 5.78 Å². The number of aliphatic hydroxyl groups excluding tert-OH is 2. The molecule has 2 aromatic rings. The molecule has 5 atom stereocenters. The van der Waals surface area contributed by atoms with Gasteiger partial charge in [-0.2, -0.15) is 0 Å². The number of hydrogen-bond donors (Lipinski definition) is 2. The number of carbonyl (C=O) groups is 2. The third-order valence-electron chi connectivity index (χ3n) is 5.90. The van der Waals surface area contributed by atoms with Crippen molar-refractivity contribution in [3.05, 3.63) is 64.2 Å². The SMILES string of the molecule is CC(=O)OC[C@H]1O[C@@H](c2ccc(Cl)c(Cc3ccc(O[C@H]4CCOC4)cc3)c2)C(O)C(=O)[C@H]1O. The second-order valence-electron chi connectivity index (χ2n) is 8.46. The van der Waals surface area contributed by atoms with Crippen LogP contribution in [0.2, 0.25) is 5.02 Å². The first kappa shape index (κ1) is 24.6. The van der Waals surface area contributed by atoms with E-state index in [4.69, 9.17) is 30.5 Å². The predicted octanol–water partition coefficient (Wildman–Crippen LogP) is 2.39. The molecule has 4 rings (SSSR count). The molecule has 2 heterocycles. The number of carbonyl (C=O) groups excluding carboxylic acids is 2. The van der Waals surface area contributed by atoms with Crippen molar-refractivity contribution in [3.8, 4) is 5.75 Å². The minimum absolute atomic E-state index is 0.0739. The van der Waals surface area contributed by atoms with Crippen LogP contribution in [-0.4, -0.2) is 66.2 Å². The van der Waals surface area contributed by atoms with Gasteiger partial charge in [0.2, 0.25) is 0 Å². The quantitative estimate of drug-likeness (QED) is 0.569. The Hall–Kier alpha value is -2.49. The van der Waals surface area contributed by atoms with E-state index in [0.717, 1.165) is 23.3 Å². The summed E-state index contributed by atoms with van der Waals surface area (Å²) in [6.45, 7) is 2.23. The average molecular weight is 491 g/mol. The Morgan fingerprint density at radius 3 is 2.59 bits per heavy atom. The third kappa shape index (κ3) is 5.76. The lowest BCUT2D eigenvalue weighted by atomic mass is 9.91. The van der Waals surface area contributed by atoms with Crippen LogP contribution in [0.25, 0.3) is 0 Å². The van der Waals surface area contributed by atoms with E-state index >= 15 is 0 Å². The molecule has 2 saturated heterocycles. The van der Waals surface area contributed by atoms with E-state index in [1.165, 1.54) is 6.92 Å².